The summed E-state index contributed by atoms with van der Waals surface area (Å²) >= 11 is 2.16. The molecule has 4 fully saturated rings. The van der Waals surface area contributed by atoms with E-state index in [0.717, 1.165) is 33.3 Å². The molecule has 3 saturated heterocycles. The van der Waals surface area contributed by atoms with Gasteiger partial charge in [-0.2, -0.15) is 0 Å². The van der Waals surface area contributed by atoms with E-state index in [1.165, 1.54) is 40.9 Å². The van der Waals surface area contributed by atoms with E-state index in [2.05, 4.69) is 58.5 Å². The number of rotatable bonds is 23. The van der Waals surface area contributed by atoms with Crippen molar-refractivity contribution in [2.24, 2.45) is 23.3 Å². The maximum Gasteiger partial charge on any atom is 0.305 e. The second-order valence-electron chi connectivity index (χ2n) is 23.0. The number of thioether (sulfide) groups is 2. The molecule has 17 N–H and O–H groups in total. The first-order chi connectivity index (χ1) is 45.5. The van der Waals surface area contributed by atoms with Crippen LogP contribution in [0.5, 0.6) is 0 Å². The summed E-state index contributed by atoms with van der Waals surface area (Å²) in [6.45, 7) is -0.764. The molecule has 13 amide bonds. The third kappa shape index (κ3) is 25.5. The zero-order chi connectivity index (χ0) is 69.0. The number of alkyl halides is 1. The summed E-state index contributed by atoms with van der Waals surface area (Å²) in [6.07, 6.45) is 1.59. The first-order valence-electron chi connectivity index (χ1n) is 31.0. The zero-order valence-corrected chi connectivity index (χ0v) is 55.3. The summed E-state index contributed by atoms with van der Waals surface area (Å²) in [7, 11) is 1.83. The Morgan fingerprint density at radius 3 is 1.89 bits per heavy atom. The van der Waals surface area contributed by atoms with Crippen molar-refractivity contribution in [3.8, 4) is 0 Å². The summed E-state index contributed by atoms with van der Waals surface area (Å²) in [5.41, 5.74) is 12.6. The van der Waals surface area contributed by atoms with Crippen LogP contribution < -0.4 is 70.0 Å². The molecule has 3 aliphatic heterocycles. The number of fused-ring (bicyclic) bond motifs is 5. The summed E-state index contributed by atoms with van der Waals surface area (Å²) in [6, 6.07) is 4.02. The van der Waals surface area contributed by atoms with Crippen LogP contribution in [0.3, 0.4) is 0 Å². The summed E-state index contributed by atoms with van der Waals surface area (Å²) in [4.78, 5) is 191. The number of primary amides is 1. The van der Waals surface area contributed by atoms with Crippen molar-refractivity contribution in [1.29, 1.82) is 5.41 Å². The molecule has 1 aliphatic carbocycles. The number of hydrogen-bond donors (Lipinski definition) is 15. The van der Waals surface area contributed by atoms with Crippen molar-refractivity contribution in [2.45, 2.75) is 131 Å². The van der Waals surface area contributed by atoms with Gasteiger partial charge in [0.15, 0.2) is 5.96 Å². The number of imide groups is 1. The molecule has 0 spiro atoms. The van der Waals surface area contributed by atoms with Crippen LogP contribution >= 0.6 is 45.1 Å². The average Bonchev–Trinajstić information content (AvgIpc) is 1.72. The summed E-state index contributed by atoms with van der Waals surface area (Å²) < 4.78 is 12.9. The van der Waals surface area contributed by atoms with Crippen molar-refractivity contribution < 1.29 is 76.6 Å². The smallest absolute Gasteiger partial charge is 0.305 e. The zero-order valence-electron chi connectivity index (χ0n) is 52.0. The number of guanidine groups is 1. The number of amides is 13. The SMILES string of the molecule is N=C(N)NCCC[C@@H]1NC(=O)[C@@H]2CSSC[C@H](NC(=O)[C@H](CC(=O)O)NC(=O)CNC1=O)C(=O)N[C@@H](Cc1ccccc1)C(=O)N[C@H](C(N)=O)CSCC(=O)N[C@@H](CCCCNC(=O)C1CCC(CN3C(=O)CC(SCCNC(=O)c4ccc(CF)cc4)C3=O)CC1)C(=O)N2. The quantitative estimate of drug-likeness (QED) is 0.0187. The number of nitrogens with zero attached hydrogens (tertiary/aromatic N) is 1. The second kappa shape index (κ2) is 39.0. The summed E-state index contributed by atoms with van der Waals surface area (Å²) in [5, 5.41) is 45.2. The van der Waals surface area contributed by atoms with E-state index in [1.807, 2.05) is 0 Å². The van der Waals surface area contributed by atoms with E-state index in [-0.39, 0.29) is 129 Å². The minimum atomic E-state index is -1.81. The molecule has 35 heteroatoms. The maximum atomic E-state index is 14.5. The number of hydrogen-bond acceptors (Lipinski definition) is 19. The van der Waals surface area contributed by atoms with Gasteiger partial charge in [-0.3, -0.25) is 77.4 Å². The van der Waals surface area contributed by atoms with Gasteiger partial charge in [0.25, 0.3) is 5.91 Å². The molecule has 3 heterocycles. The van der Waals surface area contributed by atoms with Gasteiger partial charge in [-0.05, 0) is 87.0 Å². The third-order valence-electron chi connectivity index (χ3n) is 15.8. The monoisotopic (exact) mass is 1400 g/mol. The lowest BCUT2D eigenvalue weighted by molar-refractivity contribution is -0.141. The van der Waals surface area contributed by atoms with Crippen molar-refractivity contribution in [2.75, 3.05) is 61.5 Å². The van der Waals surface area contributed by atoms with Gasteiger partial charge in [0.2, 0.25) is 70.9 Å². The van der Waals surface area contributed by atoms with Gasteiger partial charge >= 0.3 is 5.97 Å². The molecule has 0 aromatic heterocycles. The highest BCUT2D eigenvalue weighted by atomic mass is 33.1. The number of carbonyl (C=O) groups is 14. The van der Waals surface area contributed by atoms with Crippen molar-refractivity contribution >= 4 is 134 Å². The number of nitrogens with two attached hydrogens (primary N) is 2. The van der Waals surface area contributed by atoms with Crippen LogP contribution in [0, 0.1) is 17.2 Å². The molecule has 2 aromatic carbocycles. The van der Waals surface area contributed by atoms with Crippen molar-refractivity contribution in [3.05, 3.63) is 71.3 Å². The molecule has 1 unspecified atom stereocenters. The van der Waals surface area contributed by atoms with Crippen LogP contribution in [0.2, 0.25) is 0 Å². The Morgan fingerprint density at radius 1 is 0.642 bits per heavy atom. The molecule has 518 valence electrons. The number of likely N-dealkylation sites (tertiary alicyclic amines) is 1. The normalized spacial score (nSPS) is 24.9. The fourth-order valence-corrected chi connectivity index (χ4v) is 14.8. The minimum Gasteiger partial charge on any atom is -0.481 e. The molecule has 2 bridgehead atoms. The van der Waals surface area contributed by atoms with E-state index < -0.39 is 126 Å². The number of unbranched alkanes of at least 4 members (excludes halogenated alkanes) is 1. The van der Waals surface area contributed by atoms with E-state index in [9.17, 15) is 76.6 Å². The first kappa shape index (κ1) is 75.8. The Balaban J connectivity index is 1.13. The Bertz CT molecular complexity index is 3100. The van der Waals surface area contributed by atoms with Gasteiger partial charge in [-0.25, -0.2) is 4.39 Å². The van der Waals surface area contributed by atoms with Crippen molar-refractivity contribution in [1.82, 2.24) is 63.4 Å². The van der Waals surface area contributed by atoms with Gasteiger partial charge in [-0.1, -0.05) is 64.1 Å². The van der Waals surface area contributed by atoms with Crippen LogP contribution in [-0.4, -0.2) is 208 Å². The predicted octanol–water partition coefficient (Wildman–Crippen LogP) is -2.04. The Kier molecular flexibility index (Phi) is 31.1. The molecule has 1 saturated carbocycles. The summed E-state index contributed by atoms with van der Waals surface area (Å²) in [5.74, 6) is -12.7. The molecule has 8 atom stereocenters. The highest BCUT2D eigenvalue weighted by molar-refractivity contribution is 8.76. The van der Waals surface area contributed by atoms with Crippen LogP contribution in [0.4, 0.5) is 4.39 Å². The number of carboxylic acids is 1. The van der Waals surface area contributed by atoms with Gasteiger partial charge in [-0.15, -0.1) is 23.5 Å². The van der Waals surface area contributed by atoms with Gasteiger partial charge in [0, 0.05) is 73.5 Å². The van der Waals surface area contributed by atoms with Crippen LogP contribution in [-0.2, 0) is 75.4 Å². The standard InChI is InChI=1S/C60H82FN15O15S4/c61-26-34-11-15-36(16-12-34)52(84)66-21-22-93-45-25-48(79)76(59(45)91)28-35-13-17-37(18-14-35)51(83)65-19-5-4-9-39-54(86)74-43-30-94-95-31-44(58(90)72-40(23-33-7-2-1-3-8-33)55(87)73-42(50(62)82)29-92-32-47(78)69-39)75-56(88)41(24-49(80)81)70-46(77)27-68-53(85)38(71-57(43)89)10-6-20-67-60(63)64/h1-3,7-8,11-12,15-16,35,37-45H,4-6,9-10,13-14,17-32H2,(H2,62,82)(H,65,83)(H,66,84)(H,68,85)(H,69,78)(H,70,77)(H,71,89)(H,72,90)(H,73,87)(H,74,86)(H,75,88)(H,80,81)(H4,63,64,67)/t35?,37?,38-,39-,40-,41-,42-,43-,44-,45?/m0/s1. The van der Waals surface area contributed by atoms with Crippen LogP contribution in [0.1, 0.15) is 92.1 Å². The predicted molar refractivity (Wildman–Crippen MR) is 353 cm³/mol. The Morgan fingerprint density at radius 2 is 1.25 bits per heavy atom. The third-order valence-corrected chi connectivity index (χ3v) is 20.5. The fraction of sp³-hybridized carbons (Fsp3) is 0.550. The molecule has 6 rings (SSSR count). The first-order valence-corrected chi connectivity index (χ1v) is 35.7. The lowest BCUT2D eigenvalue weighted by Gasteiger charge is -2.30. The number of carboxylic acid groups (broad SMARTS) is 1. The Labute approximate surface area is 563 Å². The topological polar surface area (TPSA) is 471 Å². The van der Waals surface area contributed by atoms with E-state index in [0.29, 0.717) is 54.5 Å². The van der Waals surface area contributed by atoms with Gasteiger partial charge < -0.3 is 75.1 Å². The molecule has 0 radical (unpaired) electrons. The molecule has 95 heavy (non-hydrogen) atoms. The molecule has 30 nitrogen and oxygen atoms in total. The number of halogens is 1. The minimum absolute atomic E-state index is 0.0196. The molecule has 4 aliphatic rings. The largest absolute Gasteiger partial charge is 0.481 e. The van der Waals surface area contributed by atoms with E-state index in [1.54, 1.807) is 30.3 Å². The number of aliphatic carboxylic acids is 1. The van der Waals surface area contributed by atoms with Crippen LogP contribution in [0.15, 0.2) is 54.6 Å². The highest BCUT2D eigenvalue weighted by Gasteiger charge is 2.41. The molecule has 2 aromatic rings. The number of carbonyl (C=O) groups excluding carboxylic acids is 13. The molecular formula is C60H82FN15O15S4. The molecular weight excluding hydrogens is 1320 g/mol. The second-order valence-corrected chi connectivity index (χ2v) is 27.9. The lowest BCUT2D eigenvalue weighted by Crippen LogP contribution is -2.59. The lowest BCUT2D eigenvalue weighted by atomic mass is 9.81. The maximum absolute atomic E-state index is 14.5. The number of nitrogens with one attached hydrogen (secondary N) is 12. The fourth-order valence-electron chi connectivity index (χ4n) is 10.6. The van der Waals surface area contributed by atoms with Crippen LogP contribution in [0.25, 0.3) is 0 Å². The van der Waals surface area contributed by atoms with Gasteiger partial charge in [0.05, 0.1) is 24.0 Å². The number of benzene rings is 2. The van der Waals surface area contributed by atoms with E-state index in [4.69, 9.17) is 16.9 Å². The van der Waals surface area contributed by atoms with E-state index >= 15 is 0 Å². The van der Waals surface area contributed by atoms with Gasteiger partial charge in [0.1, 0.15) is 49.0 Å². The average molecular weight is 1400 g/mol. The highest BCUT2D eigenvalue weighted by Crippen LogP contribution is 2.33. The Hall–Kier alpha value is -8.18. The van der Waals surface area contributed by atoms with Crippen molar-refractivity contribution in [3.63, 3.8) is 0 Å².